The molecule has 4 N–H and O–H groups in total. The molecule has 2 aromatic rings. The number of aromatic nitrogens is 1. The normalized spacial score (nSPS) is 12.6. The standard InChI is InChI=1S/C15H19NO4/c1-9-6-13(18)10(2)5-11(9)7-12(17)8-16-14(19)3-4-15(16)20/h3-6,12,17-20H,7-8H2,1-2H3. The third-order valence-electron chi connectivity index (χ3n) is 3.44. The number of benzene rings is 1. The van der Waals surface area contributed by atoms with Crippen molar-refractivity contribution >= 4 is 0 Å². The Hall–Kier alpha value is -2.14. The number of nitrogens with zero attached hydrogens (tertiary/aromatic N) is 1. The average Bonchev–Trinajstić information content (AvgIpc) is 2.68. The summed E-state index contributed by atoms with van der Waals surface area (Å²) in [5, 5.41) is 38.8. The van der Waals surface area contributed by atoms with Gasteiger partial charge in [-0.3, -0.25) is 4.57 Å². The zero-order chi connectivity index (χ0) is 14.9. The van der Waals surface area contributed by atoms with Gasteiger partial charge in [-0.25, -0.2) is 0 Å². The number of hydrogen-bond acceptors (Lipinski definition) is 4. The summed E-state index contributed by atoms with van der Waals surface area (Å²) in [6, 6.07) is 6.25. The van der Waals surface area contributed by atoms with E-state index in [1.54, 1.807) is 13.0 Å². The smallest absolute Gasteiger partial charge is 0.193 e. The van der Waals surface area contributed by atoms with Crippen LogP contribution in [0.4, 0.5) is 0 Å². The van der Waals surface area contributed by atoms with Crippen LogP contribution in [-0.2, 0) is 13.0 Å². The summed E-state index contributed by atoms with van der Waals surface area (Å²) < 4.78 is 1.24. The molecule has 0 spiro atoms. The van der Waals surface area contributed by atoms with Gasteiger partial charge >= 0.3 is 0 Å². The summed E-state index contributed by atoms with van der Waals surface area (Å²) in [5.41, 5.74) is 2.58. The molecule has 0 amide bonds. The highest BCUT2D eigenvalue weighted by Gasteiger charge is 2.14. The lowest BCUT2D eigenvalue weighted by Gasteiger charge is -2.15. The quantitative estimate of drug-likeness (QED) is 0.686. The fourth-order valence-corrected chi connectivity index (χ4v) is 2.24. The van der Waals surface area contributed by atoms with Crippen molar-refractivity contribution in [2.45, 2.75) is 32.9 Å². The first-order valence-electron chi connectivity index (χ1n) is 6.43. The van der Waals surface area contributed by atoms with Gasteiger partial charge in [0.1, 0.15) is 5.75 Å². The molecule has 20 heavy (non-hydrogen) atoms. The number of phenolic OH excluding ortho intramolecular Hbond substituents is 1. The Morgan fingerprint density at radius 1 is 1.00 bits per heavy atom. The predicted molar refractivity (Wildman–Crippen MR) is 75.1 cm³/mol. The van der Waals surface area contributed by atoms with Gasteiger partial charge in [-0.2, -0.15) is 0 Å². The Kier molecular flexibility index (Phi) is 3.90. The largest absolute Gasteiger partial charge is 0.508 e. The van der Waals surface area contributed by atoms with E-state index in [-0.39, 0.29) is 24.1 Å². The van der Waals surface area contributed by atoms with Crippen LogP contribution in [0.1, 0.15) is 16.7 Å². The first-order chi connectivity index (χ1) is 9.38. The molecule has 0 bridgehead atoms. The second-order valence-electron chi connectivity index (χ2n) is 5.08. The predicted octanol–water partition coefficient (Wildman–Crippen LogP) is 1.83. The van der Waals surface area contributed by atoms with E-state index in [0.29, 0.717) is 6.42 Å². The van der Waals surface area contributed by atoms with Crippen LogP contribution in [0, 0.1) is 13.8 Å². The summed E-state index contributed by atoms with van der Waals surface area (Å²) in [5.74, 6) is 0.0711. The zero-order valence-electron chi connectivity index (χ0n) is 11.5. The SMILES string of the molecule is Cc1cc(CC(O)Cn2c(O)ccc2O)c(C)cc1O. The van der Waals surface area contributed by atoms with Crippen LogP contribution < -0.4 is 0 Å². The van der Waals surface area contributed by atoms with E-state index in [9.17, 15) is 20.4 Å². The number of aromatic hydroxyl groups is 3. The van der Waals surface area contributed by atoms with E-state index in [1.807, 2.05) is 13.0 Å². The molecule has 5 heteroatoms. The molecule has 5 nitrogen and oxygen atoms in total. The van der Waals surface area contributed by atoms with Gasteiger partial charge in [0.2, 0.25) is 0 Å². The lowest BCUT2D eigenvalue weighted by Crippen LogP contribution is -2.18. The van der Waals surface area contributed by atoms with Crippen LogP contribution in [-0.4, -0.2) is 31.1 Å². The van der Waals surface area contributed by atoms with E-state index < -0.39 is 6.10 Å². The third kappa shape index (κ3) is 2.88. The van der Waals surface area contributed by atoms with E-state index in [1.165, 1.54) is 16.7 Å². The second-order valence-corrected chi connectivity index (χ2v) is 5.08. The summed E-state index contributed by atoms with van der Waals surface area (Å²) >= 11 is 0. The van der Waals surface area contributed by atoms with Gasteiger partial charge in [-0.05, 0) is 36.6 Å². The molecule has 0 saturated carbocycles. The Morgan fingerprint density at radius 3 is 2.20 bits per heavy atom. The van der Waals surface area contributed by atoms with Crippen molar-refractivity contribution < 1.29 is 20.4 Å². The fraction of sp³-hybridized carbons (Fsp3) is 0.333. The summed E-state index contributed by atoms with van der Waals surface area (Å²) in [4.78, 5) is 0. The molecule has 2 rings (SSSR count). The van der Waals surface area contributed by atoms with Crippen molar-refractivity contribution in [2.75, 3.05) is 0 Å². The number of phenols is 1. The van der Waals surface area contributed by atoms with Crippen molar-refractivity contribution in [3.8, 4) is 17.5 Å². The Labute approximate surface area is 117 Å². The van der Waals surface area contributed by atoms with Gasteiger partial charge in [0.15, 0.2) is 11.8 Å². The monoisotopic (exact) mass is 277 g/mol. The summed E-state index contributed by atoms with van der Waals surface area (Å²) in [7, 11) is 0. The molecular formula is C15H19NO4. The lowest BCUT2D eigenvalue weighted by molar-refractivity contribution is 0.146. The van der Waals surface area contributed by atoms with E-state index >= 15 is 0 Å². The van der Waals surface area contributed by atoms with E-state index in [0.717, 1.165) is 16.7 Å². The minimum atomic E-state index is -0.748. The maximum absolute atomic E-state index is 10.1. The highest BCUT2D eigenvalue weighted by atomic mass is 16.3. The van der Waals surface area contributed by atoms with Gasteiger partial charge in [0.25, 0.3) is 0 Å². The Balaban J connectivity index is 2.12. The minimum Gasteiger partial charge on any atom is -0.508 e. The van der Waals surface area contributed by atoms with Crippen molar-refractivity contribution in [3.05, 3.63) is 41.0 Å². The van der Waals surface area contributed by atoms with Crippen LogP contribution in [0.15, 0.2) is 24.3 Å². The molecule has 0 saturated heterocycles. The topological polar surface area (TPSA) is 85.9 Å². The van der Waals surface area contributed by atoms with Crippen molar-refractivity contribution in [2.24, 2.45) is 0 Å². The summed E-state index contributed by atoms with van der Waals surface area (Å²) in [6.45, 7) is 3.77. The van der Waals surface area contributed by atoms with Crippen molar-refractivity contribution in [1.82, 2.24) is 4.57 Å². The fourth-order valence-electron chi connectivity index (χ4n) is 2.24. The number of hydrogen-bond donors (Lipinski definition) is 4. The van der Waals surface area contributed by atoms with Gasteiger partial charge in [-0.1, -0.05) is 6.07 Å². The van der Waals surface area contributed by atoms with Crippen LogP contribution in [0.5, 0.6) is 17.5 Å². The molecule has 0 radical (unpaired) electrons. The molecule has 0 aliphatic carbocycles. The van der Waals surface area contributed by atoms with Gasteiger partial charge in [-0.15, -0.1) is 0 Å². The average molecular weight is 277 g/mol. The molecule has 1 aromatic heterocycles. The summed E-state index contributed by atoms with van der Waals surface area (Å²) in [6.07, 6.45) is -0.369. The Morgan fingerprint density at radius 2 is 1.60 bits per heavy atom. The second kappa shape index (κ2) is 5.46. The van der Waals surface area contributed by atoms with Gasteiger partial charge in [0.05, 0.1) is 12.6 Å². The Bertz CT molecular complexity index is 599. The molecule has 1 heterocycles. The molecule has 0 aliphatic rings. The van der Waals surface area contributed by atoms with Crippen LogP contribution in [0.25, 0.3) is 0 Å². The molecule has 0 fully saturated rings. The van der Waals surface area contributed by atoms with Crippen LogP contribution in [0.2, 0.25) is 0 Å². The lowest BCUT2D eigenvalue weighted by atomic mass is 9.99. The number of rotatable bonds is 4. The molecule has 108 valence electrons. The minimum absolute atomic E-state index is 0.0832. The maximum Gasteiger partial charge on any atom is 0.193 e. The van der Waals surface area contributed by atoms with Gasteiger partial charge < -0.3 is 20.4 Å². The molecular weight excluding hydrogens is 258 g/mol. The van der Waals surface area contributed by atoms with E-state index in [4.69, 9.17) is 0 Å². The van der Waals surface area contributed by atoms with Crippen LogP contribution >= 0.6 is 0 Å². The van der Waals surface area contributed by atoms with Gasteiger partial charge in [0, 0.05) is 18.6 Å². The number of aliphatic hydroxyl groups excluding tert-OH is 1. The first-order valence-corrected chi connectivity index (χ1v) is 6.43. The maximum atomic E-state index is 10.1. The first kappa shape index (κ1) is 14.3. The zero-order valence-corrected chi connectivity index (χ0v) is 11.5. The molecule has 1 aromatic carbocycles. The van der Waals surface area contributed by atoms with E-state index in [2.05, 4.69) is 0 Å². The highest BCUT2D eigenvalue weighted by molar-refractivity contribution is 5.40. The highest BCUT2D eigenvalue weighted by Crippen LogP contribution is 2.24. The third-order valence-corrected chi connectivity index (χ3v) is 3.44. The van der Waals surface area contributed by atoms with Crippen molar-refractivity contribution in [1.29, 1.82) is 0 Å². The molecule has 0 aliphatic heterocycles. The molecule has 1 unspecified atom stereocenters. The number of aryl methyl sites for hydroxylation is 2. The van der Waals surface area contributed by atoms with Crippen molar-refractivity contribution in [3.63, 3.8) is 0 Å². The molecule has 1 atom stereocenters. The van der Waals surface area contributed by atoms with Crippen LogP contribution in [0.3, 0.4) is 0 Å². The number of aliphatic hydroxyl groups is 1.